The van der Waals surface area contributed by atoms with Crippen LogP contribution in [0.5, 0.6) is 0 Å². The predicted octanol–water partition coefficient (Wildman–Crippen LogP) is 5.02. The number of para-hydroxylation sites is 1. The average Bonchev–Trinajstić information content (AvgIpc) is 3.24. The van der Waals surface area contributed by atoms with Gasteiger partial charge in [-0.3, -0.25) is 4.98 Å². The Hall–Kier alpha value is -2.68. The van der Waals surface area contributed by atoms with E-state index >= 15 is 0 Å². The SMILES string of the molecule is CC1(NC(=O)OC(C)(C)C)CCN(c2c(Br)cncc2-c2nc3c(F)cccc3[nH]2)C1. The zero-order chi connectivity index (χ0) is 22.4. The third-order valence-corrected chi connectivity index (χ3v) is 5.76. The number of rotatable bonds is 3. The Morgan fingerprint density at radius 3 is 2.84 bits per heavy atom. The summed E-state index contributed by atoms with van der Waals surface area (Å²) in [5, 5.41) is 3.01. The number of benzene rings is 1. The maximum absolute atomic E-state index is 14.2. The minimum Gasteiger partial charge on any atom is -0.444 e. The van der Waals surface area contributed by atoms with Gasteiger partial charge in [0, 0.05) is 25.5 Å². The van der Waals surface area contributed by atoms with Crippen molar-refractivity contribution in [1.82, 2.24) is 20.3 Å². The van der Waals surface area contributed by atoms with Gasteiger partial charge >= 0.3 is 6.09 Å². The van der Waals surface area contributed by atoms with Gasteiger partial charge < -0.3 is 19.9 Å². The van der Waals surface area contributed by atoms with Crippen LogP contribution in [-0.4, -0.2) is 45.3 Å². The quantitative estimate of drug-likeness (QED) is 0.539. The number of carbonyl (C=O) groups is 1. The first kappa shape index (κ1) is 21.5. The Balaban J connectivity index is 1.63. The lowest BCUT2D eigenvalue weighted by Crippen LogP contribution is -2.49. The molecule has 9 heteroatoms. The van der Waals surface area contributed by atoms with Crippen LogP contribution in [0.1, 0.15) is 34.1 Å². The second kappa shape index (κ2) is 7.78. The number of aromatic amines is 1. The number of ether oxygens (including phenoxy) is 1. The molecule has 1 fully saturated rings. The second-order valence-electron chi connectivity index (χ2n) is 9.10. The normalized spacial score (nSPS) is 19.1. The molecule has 0 radical (unpaired) electrons. The van der Waals surface area contributed by atoms with Crippen LogP contribution in [0.15, 0.2) is 35.1 Å². The van der Waals surface area contributed by atoms with Gasteiger partial charge in [0.25, 0.3) is 0 Å². The highest BCUT2D eigenvalue weighted by molar-refractivity contribution is 9.10. The number of amides is 1. The van der Waals surface area contributed by atoms with Crippen molar-refractivity contribution in [2.45, 2.75) is 45.3 Å². The summed E-state index contributed by atoms with van der Waals surface area (Å²) in [4.78, 5) is 26.5. The molecule has 1 saturated heterocycles. The molecule has 4 rings (SSSR count). The Bertz CT molecular complexity index is 1140. The molecule has 2 N–H and O–H groups in total. The highest BCUT2D eigenvalue weighted by Gasteiger charge is 2.38. The summed E-state index contributed by atoms with van der Waals surface area (Å²) in [6.07, 6.45) is 3.75. The summed E-state index contributed by atoms with van der Waals surface area (Å²) in [5.74, 6) is 0.164. The number of halogens is 2. The molecule has 31 heavy (non-hydrogen) atoms. The van der Waals surface area contributed by atoms with Crippen LogP contribution in [0.3, 0.4) is 0 Å². The number of alkyl carbamates (subject to hydrolysis) is 1. The van der Waals surface area contributed by atoms with Crippen LogP contribution >= 0.6 is 15.9 Å². The number of aromatic nitrogens is 3. The fourth-order valence-corrected chi connectivity index (χ4v) is 4.43. The molecule has 164 valence electrons. The number of pyridine rings is 1. The van der Waals surface area contributed by atoms with Crippen molar-refractivity contribution in [3.8, 4) is 11.4 Å². The Morgan fingerprint density at radius 2 is 2.13 bits per heavy atom. The van der Waals surface area contributed by atoms with Gasteiger partial charge in [0.05, 0.1) is 26.8 Å². The van der Waals surface area contributed by atoms with Crippen molar-refractivity contribution in [3.63, 3.8) is 0 Å². The molecule has 1 aromatic carbocycles. The average molecular weight is 490 g/mol. The number of hydrogen-bond acceptors (Lipinski definition) is 5. The first-order valence-corrected chi connectivity index (χ1v) is 10.9. The molecule has 0 saturated carbocycles. The third-order valence-electron chi connectivity index (χ3n) is 5.18. The van der Waals surface area contributed by atoms with Crippen LogP contribution in [0, 0.1) is 5.82 Å². The molecular weight excluding hydrogens is 465 g/mol. The fraction of sp³-hybridized carbons (Fsp3) is 0.409. The van der Waals surface area contributed by atoms with Gasteiger partial charge in [0.1, 0.15) is 16.9 Å². The number of fused-ring (bicyclic) bond motifs is 1. The van der Waals surface area contributed by atoms with Gasteiger partial charge in [-0.25, -0.2) is 14.2 Å². The van der Waals surface area contributed by atoms with E-state index in [2.05, 4.69) is 41.1 Å². The topological polar surface area (TPSA) is 83.1 Å². The highest BCUT2D eigenvalue weighted by atomic mass is 79.9. The number of imidazole rings is 1. The zero-order valence-corrected chi connectivity index (χ0v) is 19.5. The molecule has 2 aromatic heterocycles. The number of nitrogens with one attached hydrogen (secondary N) is 2. The fourth-order valence-electron chi connectivity index (χ4n) is 3.85. The number of carbonyl (C=O) groups excluding carboxylic acids is 1. The Kier molecular flexibility index (Phi) is 5.41. The molecule has 3 aromatic rings. The lowest BCUT2D eigenvalue weighted by atomic mass is 10.0. The first-order chi connectivity index (χ1) is 14.5. The molecule has 1 amide bonds. The van der Waals surface area contributed by atoms with E-state index in [4.69, 9.17) is 4.74 Å². The van der Waals surface area contributed by atoms with Crippen molar-refractivity contribution in [1.29, 1.82) is 0 Å². The lowest BCUT2D eigenvalue weighted by Gasteiger charge is -2.29. The summed E-state index contributed by atoms with van der Waals surface area (Å²) in [5.41, 5.74) is 1.55. The van der Waals surface area contributed by atoms with Crippen molar-refractivity contribution in [2.75, 3.05) is 18.0 Å². The molecule has 0 aliphatic carbocycles. The summed E-state index contributed by atoms with van der Waals surface area (Å²) in [6, 6.07) is 4.83. The standard InChI is InChI=1S/C22H25BrFN5O2/c1-21(2,3)31-20(30)28-22(4)8-9-29(12-22)18-13(10-25-11-14(18)23)19-26-16-7-5-6-15(24)17(16)27-19/h5-7,10-11H,8-9,12H2,1-4H3,(H,26,27)(H,28,30). The molecule has 1 unspecified atom stereocenters. The van der Waals surface area contributed by atoms with Crippen molar-refractivity contribution in [3.05, 3.63) is 40.9 Å². The number of anilines is 1. The number of nitrogens with zero attached hydrogens (tertiary/aromatic N) is 3. The van der Waals surface area contributed by atoms with E-state index in [0.29, 0.717) is 23.4 Å². The molecule has 0 spiro atoms. The molecular formula is C22H25BrFN5O2. The predicted molar refractivity (Wildman–Crippen MR) is 122 cm³/mol. The van der Waals surface area contributed by atoms with E-state index in [9.17, 15) is 9.18 Å². The summed E-state index contributed by atoms with van der Waals surface area (Å²) >= 11 is 3.61. The summed E-state index contributed by atoms with van der Waals surface area (Å²) < 4.78 is 20.4. The third kappa shape index (κ3) is 4.51. The maximum Gasteiger partial charge on any atom is 0.408 e. The van der Waals surface area contributed by atoms with Crippen LogP contribution in [0.25, 0.3) is 22.4 Å². The van der Waals surface area contributed by atoms with E-state index in [1.54, 1.807) is 24.5 Å². The molecule has 0 bridgehead atoms. The zero-order valence-electron chi connectivity index (χ0n) is 17.9. The monoisotopic (exact) mass is 489 g/mol. The second-order valence-corrected chi connectivity index (χ2v) is 9.95. The molecule has 1 aliphatic rings. The van der Waals surface area contributed by atoms with Crippen LogP contribution in [0.2, 0.25) is 0 Å². The van der Waals surface area contributed by atoms with Gasteiger partial charge in [-0.05, 0) is 62.2 Å². The van der Waals surface area contributed by atoms with Gasteiger partial charge in [0.2, 0.25) is 0 Å². The smallest absolute Gasteiger partial charge is 0.408 e. The maximum atomic E-state index is 14.2. The van der Waals surface area contributed by atoms with Gasteiger partial charge in [-0.2, -0.15) is 0 Å². The highest BCUT2D eigenvalue weighted by Crippen LogP contribution is 2.39. The van der Waals surface area contributed by atoms with E-state index in [-0.39, 0.29) is 5.82 Å². The molecule has 7 nitrogen and oxygen atoms in total. The van der Waals surface area contributed by atoms with E-state index in [1.165, 1.54) is 6.07 Å². The molecule has 1 atom stereocenters. The van der Waals surface area contributed by atoms with E-state index in [0.717, 1.165) is 28.7 Å². The number of hydrogen-bond donors (Lipinski definition) is 2. The summed E-state index contributed by atoms with van der Waals surface area (Å²) in [6.45, 7) is 8.82. The van der Waals surface area contributed by atoms with E-state index in [1.807, 2.05) is 27.7 Å². The van der Waals surface area contributed by atoms with Crippen LogP contribution in [0.4, 0.5) is 14.9 Å². The summed E-state index contributed by atoms with van der Waals surface area (Å²) in [7, 11) is 0. The molecule has 1 aliphatic heterocycles. The van der Waals surface area contributed by atoms with E-state index < -0.39 is 17.2 Å². The van der Waals surface area contributed by atoms with Gasteiger partial charge in [-0.15, -0.1) is 0 Å². The lowest BCUT2D eigenvalue weighted by molar-refractivity contribution is 0.0473. The van der Waals surface area contributed by atoms with Gasteiger partial charge in [-0.1, -0.05) is 6.07 Å². The largest absolute Gasteiger partial charge is 0.444 e. The van der Waals surface area contributed by atoms with Crippen LogP contribution < -0.4 is 10.2 Å². The minimum absolute atomic E-state index is 0.293. The Labute approximate surface area is 188 Å². The molecule has 3 heterocycles. The minimum atomic E-state index is -0.559. The van der Waals surface area contributed by atoms with Crippen molar-refractivity contribution < 1.29 is 13.9 Å². The van der Waals surface area contributed by atoms with Crippen molar-refractivity contribution >= 4 is 38.7 Å². The Morgan fingerprint density at radius 1 is 1.35 bits per heavy atom. The van der Waals surface area contributed by atoms with Gasteiger partial charge in [0.15, 0.2) is 5.82 Å². The van der Waals surface area contributed by atoms with Crippen molar-refractivity contribution in [2.24, 2.45) is 0 Å². The number of H-pyrrole nitrogens is 1. The first-order valence-electron chi connectivity index (χ1n) is 10.1. The van der Waals surface area contributed by atoms with Crippen LogP contribution in [-0.2, 0) is 4.74 Å².